The maximum absolute atomic E-state index is 11.9. The standard InChI is InChI=1S/C14H28N2O2/c1-5-14(18,6-2)11-16-9-7-12(8-10-16)13(17)15(3)4/h12,18H,5-11H2,1-4H3. The number of rotatable bonds is 5. The van der Waals surface area contributed by atoms with E-state index in [-0.39, 0.29) is 11.8 Å². The average Bonchev–Trinajstić information content (AvgIpc) is 2.38. The summed E-state index contributed by atoms with van der Waals surface area (Å²) in [5, 5.41) is 10.3. The summed E-state index contributed by atoms with van der Waals surface area (Å²) >= 11 is 0. The van der Waals surface area contributed by atoms with E-state index in [1.54, 1.807) is 4.90 Å². The Labute approximate surface area is 111 Å². The Morgan fingerprint density at radius 3 is 2.17 bits per heavy atom. The minimum atomic E-state index is -0.557. The second-order valence-electron chi connectivity index (χ2n) is 5.71. The molecule has 0 spiro atoms. The fraction of sp³-hybridized carbons (Fsp3) is 0.929. The van der Waals surface area contributed by atoms with Crippen LogP contribution in [0.4, 0.5) is 0 Å². The van der Waals surface area contributed by atoms with Crippen LogP contribution in [0.1, 0.15) is 39.5 Å². The second-order valence-corrected chi connectivity index (χ2v) is 5.71. The van der Waals surface area contributed by atoms with Gasteiger partial charge in [-0.25, -0.2) is 0 Å². The summed E-state index contributed by atoms with van der Waals surface area (Å²) in [5.74, 6) is 0.420. The van der Waals surface area contributed by atoms with E-state index >= 15 is 0 Å². The molecule has 0 aromatic rings. The van der Waals surface area contributed by atoms with Gasteiger partial charge < -0.3 is 14.9 Å². The van der Waals surface area contributed by atoms with Crippen molar-refractivity contribution in [2.45, 2.75) is 45.1 Å². The van der Waals surface area contributed by atoms with Gasteiger partial charge in [-0.1, -0.05) is 13.8 Å². The summed E-state index contributed by atoms with van der Waals surface area (Å²) in [6.07, 6.45) is 3.42. The fourth-order valence-corrected chi connectivity index (χ4v) is 2.59. The van der Waals surface area contributed by atoms with Crippen molar-refractivity contribution in [3.05, 3.63) is 0 Å². The lowest BCUT2D eigenvalue weighted by atomic mass is 9.92. The van der Waals surface area contributed by atoms with Gasteiger partial charge in [-0.05, 0) is 38.8 Å². The molecule has 0 saturated carbocycles. The molecule has 4 heteroatoms. The third kappa shape index (κ3) is 3.95. The first-order valence-electron chi connectivity index (χ1n) is 7.07. The van der Waals surface area contributed by atoms with Gasteiger partial charge in [0.05, 0.1) is 5.60 Å². The molecule has 106 valence electrons. The molecule has 1 saturated heterocycles. The molecule has 18 heavy (non-hydrogen) atoms. The lowest BCUT2D eigenvalue weighted by molar-refractivity contribution is -0.134. The fourth-order valence-electron chi connectivity index (χ4n) is 2.59. The minimum Gasteiger partial charge on any atom is -0.389 e. The van der Waals surface area contributed by atoms with Crippen LogP contribution in [0.5, 0.6) is 0 Å². The Hall–Kier alpha value is -0.610. The third-order valence-electron chi connectivity index (χ3n) is 4.21. The molecule has 1 aliphatic rings. The van der Waals surface area contributed by atoms with E-state index in [0.717, 1.165) is 45.3 Å². The molecule has 0 aliphatic carbocycles. The molecule has 0 atom stereocenters. The van der Waals surface area contributed by atoms with Gasteiger partial charge in [0.1, 0.15) is 0 Å². The molecule has 1 aliphatic heterocycles. The molecule has 1 amide bonds. The van der Waals surface area contributed by atoms with Gasteiger partial charge in [-0.2, -0.15) is 0 Å². The Kier molecular flexibility index (Phi) is 5.60. The Bertz CT molecular complexity index is 267. The zero-order chi connectivity index (χ0) is 13.8. The number of piperidine rings is 1. The maximum Gasteiger partial charge on any atom is 0.225 e. The molecular weight excluding hydrogens is 228 g/mol. The number of hydrogen-bond acceptors (Lipinski definition) is 3. The highest BCUT2D eigenvalue weighted by molar-refractivity contribution is 5.78. The summed E-state index contributed by atoms with van der Waals surface area (Å²) < 4.78 is 0. The third-order valence-corrected chi connectivity index (χ3v) is 4.21. The van der Waals surface area contributed by atoms with E-state index in [1.165, 1.54) is 0 Å². The highest BCUT2D eigenvalue weighted by Crippen LogP contribution is 2.23. The van der Waals surface area contributed by atoms with E-state index in [0.29, 0.717) is 0 Å². The van der Waals surface area contributed by atoms with Gasteiger partial charge in [-0.15, -0.1) is 0 Å². The number of nitrogens with zero attached hydrogens (tertiary/aromatic N) is 2. The largest absolute Gasteiger partial charge is 0.389 e. The molecule has 0 radical (unpaired) electrons. The molecule has 1 N–H and O–H groups in total. The predicted molar refractivity (Wildman–Crippen MR) is 73.4 cm³/mol. The molecule has 0 aromatic heterocycles. The Morgan fingerprint density at radius 2 is 1.78 bits per heavy atom. The molecule has 4 nitrogen and oxygen atoms in total. The van der Waals surface area contributed by atoms with Crippen molar-refractivity contribution in [2.75, 3.05) is 33.7 Å². The van der Waals surface area contributed by atoms with Gasteiger partial charge in [0.15, 0.2) is 0 Å². The highest BCUT2D eigenvalue weighted by atomic mass is 16.3. The van der Waals surface area contributed by atoms with Crippen molar-refractivity contribution in [1.29, 1.82) is 0 Å². The lowest BCUT2D eigenvalue weighted by Gasteiger charge is -2.37. The van der Waals surface area contributed by atoms with E-state index in [2.05, 4.69) is 4.90 Å². The summed E-state index contributed by atoms with van der Waals surface area (Å²) in [5.41, 5.74) is -0.557. The van der Waals surface area contributed by atoms with E-state index < -0.39 is 5.60 Å². The quantitative estimate of drug-likeness (QED) is 0.807. The van der Waals surface area contributed by atoms with Crippen LogP contribution in [0.15, 0.2) is 0 Å². The second kappa shape index (κ2) is 6.53. The molecule has 1 fully saturated rings. The van der Waals surface area contributed by atoms with Crippen molar-refractivity contribution in [3.63, 3.8) is 0 Å². The smallest absolute Gasteiger partial charge is 0.225 e. The number of carbonyl (C=O) groups is 1. The van der Waals surface area contributed by atoms with Gasteiger partial charge >= 0.3 is 0 Å². The highest BCUT2D eigenvalue weighted by Gasteiger charge is 2.30. The van der Waals surface area contributed by atoms with Crippen LogP contribution in [0.2, 0.25) is 0 Å². The molecule has 1 heterocycles. The monoisotopic (exact) mass is 256 g/mol. The molecule has 0 bridgehead atoms. The number of aliphatic hydroxyl groups is 1. The van der Waals surface area contributed by atoms with E-state index in [4.69, 9.17) is 0 Å². The van der Waals surface area contributed by atoms with Crippen LogP contribution < -0.4 is 0 Å². The topological polar surface area (TPSA) is 43.8 Å². The van der Waals surface area contributed by atoms with Crippen molar-refractivity contribution in [2.24, 2.45) is 5.92 Å². The normalized spacial score (nSPS) is 18.9. The van der Waals surface area contributed by atoms with Crippen LogP contribution >= 0.6 is 0 Å². The van der Waals surface area contributed by atoms with Gasteiger partial charge in [0, 0.05) is 26.6 Å². The number of β-amino-alcohol motifs (C(OH)–C–C–N with tert-alkyl or cyclic N) is 1. The first-order valence-corrected chi connectivity index (χ1v) is 7.07. The van der Waals surface area contributed by atoms with Crippen LogP contribution in [-0.4, -0.2) is 60.1 Å². The molecule has 0 aromatic carbocycles. The first kappa shape index (κ1) is 15.4. The molecular formula is C14H28N2O2. The van der Waals surface area contributed by atoms with Crippen molar-refractivity contribution in [1.82, 2.24) is 9.80 Å². The number of carbonyl (C=O) groups excluding carboxylic acids is 1. The molecule has 0 unspecified atom stereocenters. The zero-order valence-electron chi connectivity index (χ0n) is 12.3. The zero-order valence-corrected chi connectivity index (χ0v) is 12.3. The van der Waals surface area contributed by atoms with Crippen molar-refractivity contribution < 1.29 is 9.90 Å². The summed E-state index contributed by atoms with van der Waals surface area (Å²) in [6.45, 7) is 6.65. The first-order chi connectivity index (χ1) is 8.41. The number of hydrogen-bond donors (Lipinski definition) is 1. The van der Waals surface area contributed by atoms with Crippen molar-refractivity contribution in [3.8, 4) is 0 Å². The Balaban J connectivity index is 2.42. The van der Waals surface area contributed by atoms with Gasteiger partial charge in [0.25, 0.3) is 0 Å². The summed E-state index contributed by atoms with van der Waals surface area (Å²) in [4.78, 5) is 15.8. The average molecular weight is 256 g/mol. The van der Waals surface area contributed by atoms with E-state index in [1.807, 2.05) is 27.9 Å². The van der Waals surface area contributed by atoms with E-state index in [9.17, 15) is 9.90 Å². The van der Waals surface area contributed by atoms with Gasteiger partial charge in [0.2, 0.25) is 5.91 Å². The van der Waals surface area contributed by atoms with Crippen molar-refractivity contribution >= 4 is 5.91 Å². The number of likely N-dealkylation sites (tertiary alicyclic amines) is 1. The molecule has 1 rings (SSSR count). The summed E-state index contributed by atoms with van der Waals surface area (Å²) in [6, 6.07) is 0. The van der Waals surface area contributed by atoms with Gasteiger partial charge in [-0.3, -0.25) is 4.79 Å². The maximum atomic E-state index is 11.9. The SMILES string of the molecule is CCC(O)(CC)CN1CCC(C(=O)N(C)C)CC1. The van der Waals surface area contributed by atoms with Crippen LogP contribution in [0.25, 0.3) is 0 Å². The minimum absolute atomic E-state index is 0.174. The summed E-state index contributed by atoms with van der Waals surface area (Å²) in [7, 11) is 3.64. The number of amides is 1. The van der Waals surface area contributed by atoms with Crippen LogP contribution in [-0.2, 0) is 4.79 Å². The lowest BCUT2D eigenvalue weighted by Crippen LogP contribution is -2.47. The van der Waals surface area contributed by atoms with Crippen LogP contribution in [0, 0.1) is 5.92 Å². The Morgan fingerprint density at radius 1 is 1.28 bits per heavy atom. The predicted octanol–water partition coefficient (Wildman–Crippen LogP) is 1.34. The van der Waals surface area contributed by atoms with Crippen LogP contribution in [0.3, 0.4) is 0 Å².